The lowest BCUT2D eigenvalue weighted by Gasteiger charge is -2.26. The predicted molar refractivity (Wildman–Crippen MR) is 77.0 cm³/mol. The molecule has 19 heavy (non-hydrogen) atoms. The van der Waals surface area contributed by atoms with Crippen molar-refractivity contribution in [2.45, 2.75) is 33.1 Å². The molecule has 0 aliphatic carbocycles. The molecule has 1 rings (SSSR count). The summed E-state index contributed by atoms with van der Waals surface area (Å²) in [5, 5.41) is 8.85. The van der Waals surface area contributed by atoms with Gasteiger partial charge in [-0.05, 0) is 25.5 Å². The monoisotopic (exact) mass is 265 g/mol. The third kappa shape index (κ3) is 5.20. The Morgan fingerprint density at radius 3 is 2.63 bits per heavy atom. The zero-order valence-electron chi connectivity index (χ0n) is 11.8. The molecule has 0 fully saturated rings. The molecular weight excluding hydrogens is 242 g/mol. The molecule has 4 heteroatoms. The minimum absolute atomic E-state index is 0.143. The summed E-state index contributed by atoms with van der Waals surface area (Å²) in [7, 11) is 0. The van der Waals surface area contributed by atoms with Gasteiger partial charge in [-0.3, -0.25) is 4.79 Å². The Bertz CT molecular complexity index is 393. The lowest BCUT2D eigenvalue weighted by Crippen LogP contribution is -2.27. The molecular formula is C15H23NO3. The van der Waals surface area contributed by atoms with Crippen LogP contribution in [-0.4, -0.2) is 30.8 Å². The van der Waals surface area contributed by atoms with E-state index in [1.165, 1.54) is 0 Å². The van der Waals surface area contributed by atoms with Crippen LogP contribution >= 0.6 is 0 Å². The summed E-state index contributed by atoms with van der Waals surface area (Å²) in [6, 6.07) is 7.81. The maximum atomic E-state index is 10.8. The summed E-state index contributed by atoms with van der Waals surface area (Å²) in [6.45, 7) is 6.05. The Morgan fingerprint density at radius 2 is 2.00 bits per heavy atom. The van der Waals surface area contributed by atoms with Crippen molar-refractivity contribution in [2.24, 2.45) is 0 Å². The predicted octanol–water partition coefficient (Wildman–Crippen LogP) is 3.17. The van der Waals surface area contributed by atoms with Crippen molar-refractivity contribution in [1.82, 2.24) is 0 Å². The lowest BCUT2D eigenvalue weighted by atomic mass is 10.2. The number of hydrogen-bond donors (Lipinski definition) is 1. The van der Waals surface area contributed by atoms with Gasteiger partial charge in [-0.2, -0.15) is 0 Å². The number of unbranched alkanes of at least 4 members (excludes halogenated alkanes) is 1. The highest BCUT2D eigenvalue weighted by atomic mass is 16.5. The summed E-state index contributed by atoms with van der Waals surface area (Å²) >= 11 is 0. The van der Waals surface area contributed by atoms with Crippen LogP contribution in [0.1, 0.15) is 33.1 Å². The third-order valence-corrected chi connectivity index (χ3v) is 2.88. The number of anilines is 1. The molecule has 0 saturated carbocycles. The van der Waals surface area contributed by atoms with Crippen LogP contribution in [0.25, 0.3) is 0 Å². The maximum absolute atomic E-state index is 10.8. The van der Waals surface area contributed by atoms with Gasteiger partial charge in [0, 0.05) is 13.1 Å². The second-order valence-corrected chi connectivity index (χ2v) is 4.39. The fourth-order valence-electron chi connectivity index (χ4n) is 1.93. The first-order valence-electron chi connectivity index (χ1n) is 6.87. The van der Waals surface area contributed by atoms with Gasteiger partial charge in [0.15, 0.2) is 0 Å². The van der Waals surface area contributed by atoms with Gasteiger partial charge in [-0.25, -0.2) is 0 Å². The van der Waals surface area contributed by atoms with Gasteiger partial charge in [0.05, 0.1) is 18.7 Å². The fraction of sp³-hybridized carbons (Fsp3) is 0.533. The third-order valence-electron chi connectivity index (χ3n) is 2.88. The van der Waals surface area contributed by atoms with E-state index in [1.807, 2.05) is 31.2 Å². The van der Waals surface area contributed by atoms with Crippen LogP contribution in [0.5, 0.6) is 5.75 Å². The van der Waals surface area contributed by atoms with Gasteiger partial charge in [-0.1, -0.05) is 25.5 Å². The van der Waals surface area contributed by atoms with Crippen molar-refractivity contribution in [3.8, 4) is 5.75 Å². The fourth-order valence-corrected chi connectivity index (χ4v) is 1.93. The SMILES string of the molecule is CCCCN(CCC(=O)O)c1ccccc1OCC. The first-order valence-corrected chi connectivity index (χ1v) is 6.87. The number of carboxylic acids is 1. The summed E-state index contributed by atoms with van der Waals surface area (Å²) in [5.74, 6) is 0.0573. The molecule has 0 unspecified atom stereocenters. The normalized spacial score (nSPS) is 10.2. The topological polar surface area (TPSA) is 49.8 Å². The van der Waals surface area contributed by atoms with E-state index < -0.39 is 5.97 Å². The molecule has 0 aliphatic rings. The van der Waals surface area contributed by atoms with Crippen LogP contribution in [0.4, 0.5) is 5.69 Å². The van der Waals surface area contributed by atoms with E-state index in [0.29, 0.717) is 13.2 Å². The molecule has 4 nitrogen and oxygen atoms in total. The van der Waals surface area contributed by atoms with Crippen LogP contribution in [0.2, 0.25) is 0 Å². The number of nitrogens with zero attached hydrogens (tertiary/aromatic N) is 1. The van der Waals surface area contributed by atoms with Crippen molar-refractivity contribution >= 4 is 11.7 Å². The van der Waals surface area contributed by atoms with Crippen molar-refractivity contribution in [1.29, 1.82) is 0 Å². The van der Waals surface area contributed by atoms with E-state index in [2.05, 4.69) is 11.8 Å². The Balaban J connectivity index is 2.85. The molecule has 0 aromatic heterocycles. The number of rotatable bonds is 9. The van der Waals surface area contributed by atoms with Gasteiger partial charge in [-0.15, -0.1) is 0 Å². The second kappa shape index (κ2) is 8.40. The standard InChI is InChI=1S/C15H23NO3/c1-3-5-11-16(12-10-15(17)18)13-8-6-7-9-14(13)19-4-2/h6-9H,3-5,10-12H2,1-2H3,(H,17,18). The molecule has 0 saturated heterocycles. The summed E-state index contributed by atoms with van der Waals surface area (Å²) in [4.78, 5) is 12.9. The Hall–Kier alpha value is -1.71. The molecule has 0 amide bonds. The Kier molecular flexibility index (Phi) is 6.79. The number of aliphatic carboxylic acids is 1. The maximum Gasteiger partial charge on any atom is 0.305 e. The molecule has 0 radical (unpaired) electrons. The molecule has 1 aromatic rings. The number of para-hydroxylation sites is 2. The number of benzene rings is 1. The molecule has 0 atom stereocenters. The number of carboxylic acid groups (broad SMARTS) is 1. The zero-order valence-corrected chi connectivity index (χ0v) is 11.8. The average molecular weight is 265 g/mol. The molecule has 0 spiro atoms. The molecule has 1 aromatic carbocycles. The second-order valence-electron chi connectivity index (χ2n) is 4.39. The van der Waals surface area contributed by atoms with E-state index in [1.54, 1.807) is 0 Å². The zero-order chi connectivity index (χ0) is 14.1. The molecule has 0 bridgehead atoms. The first kappa shape index (κ1) is 15.3. The van der Waals surface area contributed by atoms with Crippen molar-refractivity contribution in [2.75, 3.05) is 24.6 Å². The van der Waals surface area contributed by atoms with Crippen LogP contribution < -0.4 is 9.64 Å². The Morgan fingerprint density at radius 1 is 1.26 bits per heavy atom. The van der Waals surface area contributed by atoms with Gasteiger partial charge in [0.1, 0.15) is 5.75 Å². The highest BCUT2D eigenvalue weighted by Gasteiger charge is 2.12. The molecule has 1 N–H and O–H groups in total. The smallest absolute Gasteiger partial charge is 0.305 e. The quantitative estimate of drug-likeness (QED) is 0.745. The van der Waals surface area contributed by atoms with Gasteiger partial charge in [0.25, 0.3) is 0 Å². The summed E-state index contributed by atoms with van der Waals surface area (Å²) < 4.78 is 5.62. The summed E-state index contributed by atoms with van der Waals surface area (Å²) in [5.41, 5.74) is 0.985. The minimum atomic E-state index is -0.768. The number of ether oxygens (including phenoxy) is 1. The minimum Gasteiger partial charge on any atom is -0.492 e. The average Bonchev–Trinajstić information content (AvgIpc) is 2.40. The molecule has 0 heterocycles. The van der Waals surface area contributed by atoms with Crippen molar-refractivity contribution in [3.05, 3.63) is 24.3 Å². The Labute approximate surface area is 115 Å². The van der Waals surface area contributed by atoms with Gasteiger partial charge in [0.2, 0.25) is 0 Å². The van der Waals surface area contributed by atoms with E-state index in [-0.39, 0.29) is 6.42 Å². The number of carbonyl (C=O) groups is 1. The van der Waals surface area contributed by atoms with Crippen LogP contribution in [0.3, 0.4) is 0 Å². The van der Waals surface area contributed by atoms with E-state index in [9.17, 15) is 4.79 Å². The number of hydrogen-bond acceptors (Lipinski definition) is 3. The van der Waals surface area contributed by atoms with E-state index in [0.717, 1.165) is 30.8 Å². The highest BCUT2D eigenvalue weighted by molar-refractivity contribution is 5.68. The van der Waals surface area contributed by atoms with Gasteiger partial charge >= 0.3 is 5.97 Å². The van der Waals surface area contributed by atoms with Crippen molar-refractivity contribution in [3.63, 3.8) is 0 Å². The van der Waals surface area contributed by atoms with Crippen LogP contribution in [-0.2, 0) is 4.79 Å². The largest absolute Gasteiger partial charge is 0.492 e. The van der Waals surface area contributed by atoms with Crippen LogP contribution in [0, 0.1) is 0 Å². The highest BCUT2D eigenvalue weighted by Crippen LogP contribution is 2.28. The van der Waals surface area contributed by atoms with Gasteiger partial charge < -0.3 is 14.7 Å². The van der Waals surface area contributed by atoms with E-state index in [4.69, 9.17) is 9.84 Å². The molecule has 0 aliphatic heterocycles. The summed E-state index contributed by atoms with van der Waals surface area (Å²) in [6.07, 6.45) is 2.27. The van der Waals surface area contributed by atoms with Crippen molar-refractivity contribution < 1.29 is 14.6 Å². The van der Waals surface area contributed by atoms with E-state index >= 15 is 0 Å². The molecule has 106 valence electrons. The lowest BCUT2D eigenvalue weighted by molar-refractivity contribution is -0.136. The van der Waals surface area contributed by atoms with Crippen LogP contribution in [0.15, 0.2) is 24.3 Å². The first-order chi connectivity index (χ1) is 9.19.